The van der Waals surface area contributed by atoms with E-state index in [0.717, 1.165) is 16.6 Å². The van der Waals surface area contributed by atoms with Gasteiger partial charge in [-0.15, -0.1) is 0 Å². The number of benzene rings is 1. The molecule has 0 unspecified atom stereocenters. The first-order chi connectivity index (χ1) is 23.3. The van der Waals surface area contributed by atoms with Gasteiger partial charge in [0.15, 0.2) is 6.61 Å². The van der Waals surface area contributed by atoms with Crippen molar-refractivity contribution in [3.05, 3.63) is 58.9 Å². The maximum atomic E-state index is 12.6. The molecule has 1 fully saturated rings. The van der Waals surface area contributed by atoms with Gasteiger partial charge in [-0.2, -0.15) is 5.10 Å². The van der Waals surface area contributed by atoms with E-state index in [0.29, 0.717) is 71.3 Å². The number of nitrogens with one attached hydrogen (secondary N) is 2. The minimum absolute atomic E-state index is 0.281. The highest BCUT2D eigenvalue weighted by atomic mass is 16.6. The third-order valence-electron chi connectivity index (χ3n) is 8.21. The van der Waals surface area contributed by atoms with Gasteiger partial charge in [-0.25, -0.2) is 9.78 Å². The summed E-state index contributed by atoms with van der Waals surface area (Å²) in [5.74, 6) is 0.257. The second-order valence-corrected chi connectivity index (χ2v) is 11.6. The van der Waals surface area contributed by atoms with E-state index >= 15 is 0 Å². The Morgan fingerprint density at radius 1 is 0.979 bits per heavy atom. The molecule has 260 valence electrons. The number of H-pyrrole nitrogens is 1. The van der Waals surface area contributed by atoms with E-state index < -0.39 is 11.7 Å². The first-order valence-corrected chi connectivity index (χ1v) is 16.0. The molecule has 14 nitrogen and oxygen atoms in total. The van der Waals surface area contributed by atoms with E-state index in [1.54, 1.807) is 20.3 Å². The van der Waals surface area contributed by atoms with E-state index in [1.165, 1.54) is 26.3 Å². The number of aryl methyl sites for hydroxylation is 2. The maximum absolute atomic E-state index is 12.6. The molecule has 1 saturated heterocycles. The molecule has 4 bridgehead atoms. The fraction of sp³-hybridized carbons (Fsp3) is 0.500. The number of ether oxygens (including phenoxy) is 5. The third kappa shape index (κ3) is 9.99. The van der Waals surface area contributed by atoms with Crippen molar-refractivity contribution in [1.29, 1.82) is 0 Å². The van der Waals surface area contributed by atoms with Crippen LogP contribution in [0.5, 0.6) is 0 Å². The number of pyridine rings is 1. The highest BCUT2D eigenvalue weighted by Gasteiger charge is 2.42. The number of piperidine rings is 1. The van der Waals surface area contributed by atoms with Gasteiger partial charge in [0.1, 0.15) is 11.4 Å². The number of rotatable bonds is 3. The number of hydrogen-bond donors (Lipinski definition) is 2. The second kappa shape index (κ2) is 18.1. The monoisotopic (exact) mass is 666 g/mol. The Morgan fingerprint density at radius 2 is 1.71 bits per heavy atom. The molecule has 0 atom stereocenters. The van der Waals surface area contributed by atoms with Crippen molar-refractivity contribution in [2.75, 3.05) is 85.3 Å². The van der Waals surface area contributed by atoms with Crippen molar-refractivity contribution in [1.82, 2.24) is 25.0 Å². The van der Waals surface area contributed by atoms with Crippen LogP contribution < -0.4 is 5.32 Å². The summed E-state index contributed by atoms with van der Waals surface area (Å²) >= 11 is 0. The topological polar surface area (TPSA) is 157 Å². The predicted molar refractivity (Wildman–Crippen MR) is 179 cm³/mol. The number of fused-ring (bicyclic) bond motifs is 18. The van der Waals surface area contributed by atoms with E-state index in [2.05, 4.69) is 46.5 Å². The van der Waals surface area contributed by atoms with E-state index in [-0.39, 0.29) is 25.6 Å². The van der Waals surface area contributed by atoms with Crippen LogP contribution in [-0.4, -0.2) is 123 Å². The number of carbonyl (C=O) groups excluding carboxylic acids is 3. The Balaban J connectivity index is 0.000000395. The first kappa shape index (κ1) is 36.3. The van der Waals surface area contributed by atoms with Gasteiger partial charge in [-0.05, 0) is 37.1 Å². The zero-order chi connectivity index (χ0) is 34.4. The van der Waals surface area contributed by atoms with Gasteiger partial charge < -0.3 is 38.8 Å². The van der Waals surface area contributed by atoms with Gasteiger partial charge in [0, 0.05) is 63.7 Å². The van der Waals surface area contributed by atoms with Gasteiger partial charge in [-0.1, -0.05) is 23.8 Å². The lowest BCUT2D eigenvalue weighted by atomic mass is 9.83. The number of anilines is 1. The van der Waals surface area contributed by atoms with E-state index in [4.69, 9.17) is 23.7 Å². The SMILES string of the molecule is CNc1ncc2cc1C1(OC=O)CCN(CC1)C(=O)OCC(=O)N(C)CCOCCOCCOC/C=C/2.Cc1cc(C)c2[nH]ncc2c1. The summed E-state index contributed by atoms with van der Waals surface area (Å²) in [6, 6.07) is 6.20. The molecule has 3 aromatic rings. The highest BCUT2D eigenvalue weighted by Crippen LogP contribution is 2.40. The smallest absolute Gasteiger partial charge is 0.410 e. The minimum Gasteiger partial charge on any atom is -0.456 e. The summed E-state index contributed by atoms with van der Waals surface area (Å²) in [6.45, 7) is 7.61. The molecule has 6 rings (SSSR count). The minimum atomic E-state index is -0.967. The molecule has 5 heterocycles. The lowest BCUT2D eigenvalue weighted by molar-refractivity contribution is -0.150. The number of likely N-dealkylation sites (N-methyl/N-ethyl adjacent to an activating group) is 1. The molecule has 0 saturated carbocycles. The average molecular weight is 667 g/mol. The number of aromatic amines is 1. The van der Waals surface area contributed by atoms with Crippen molar-refractivity contribution >= 4 is 41.3 Å². The first-order valence-electron chi connectivity index (χ1n) is 16.0. The average Bonchev–Trinajstić information content (AvgIpc) is 3.57. The summed E-state index contributed by atoms with van der Waals surface area (Å²) in [5, 5.41) is 11.2. The summed E-state index contributed by atoms with van der Waals surface area (Å²) in [6.07, 6.45) is 7.44. The van der Waals surface area contributed by atoms with Gasteiger partial charge in [0.2, 0.25) is 0 Å². The highest BCUT2D eigenvalue weighted by molar-refractivity contribution is 5.82. The number of hydrogen-bond acceptors (Lipinski definition) is 11. The van der Waals surface area contributed by atoms with Crippen molar-refractivity contribution < 1.29 is 38.1 Å². The van der Waals surface area contributed by atoms with Crippen molar-refractivity contribution in [2.24, 2.45) is 0 Å². The molecule has 2 aromatic heterocycles. The normalized spacial score (nSPS) is 19.0. The summed E-state index contributed by atoms with van der Waals surface area (Å²) in [4.78, 5) is 43.9. The summed E-state index contributed by atoms with van der Waals surface area (Å²) in [7, 11) is 3.37. The zero-order valence-electron chi connectivity index (χ0n) is 28.2. The van der Waals surface area contributed by atoms with Crippen LogP contribution in [-0.2, 0) is 38.9 Å². The standard InChI is InChI=1S/C25H36N4O8.C9H10N2/c1-26-23-21-16-20(17-27-23)4-3-10-33-12-14-35-15-13-34-11-9-28(2)22(31)18-36-24(32)29-7-5-25(21,6-8-29)37-19-30;1-6-3-7(2)9-8(4-6)5-10-11-9/h3-4,16-17,19H,5-15,18H2,1-2H3,(H,26,27);3-5H,1-2H3,(H,10,11)/b4-3+;. The lowest BCUT2D eigenvalue weighted by Gasteiger charge is -2.40. The Kier molecular flexibility index (Phi) is 13.7. The molecule has 14 heteroatoms. The number of carbonyl (C=O) groups is 3. The van der Waals surface area contributed by atoms with Crippen LogP contribution in [0.1, 0.15) is 35.1 Å². The van der Waals surface area contributed by atoms with Gasteiger partial charge >= 0.3 is 6.09 Å². The molecule has 0 spiro atoms. The van der Waals surface area contributed by atoms with Gasteiger partial charge in [0.05, 0.1) is 51.4 Å². The van der Waals surface area contributed by atoms with Gasteiger partial charge in [0.25, 0.3) is 12.4 Å². The van der Waals surface area contributed by atoms with E-state index in [9.17, 15) is 14.4 Å². The molecule has 1 aromatic carbocycles. The number of amides is 2. The van der Waals surface area contributed by atoms with Crippen LogP contribution in [0.25, 0.3) is 17.0 Å². The molecule has 0 radical (unpaired) electrons. The maximum Gasteiger partial charge on any atom is 0.410 e. The van der Waals surface area contributed by atoms with E-state index in [1.807, 2.05) is 24.4 Å². The van der Waals surface area contributed by atoms with Crippen LogP contribution in [0.4, 0.5) is 10.6 Å². The fourth-order valence-electron chi connectivity index (χ4n) is 5.56. The molecular formula is C34H46N6O8. The second-order valence-electron chi connectivity index (χ2n) is 11.6. The molecule has 2 N–H and O–H groups in total. The van der Waals surface area contributed by atoms with Crippen molar-refractivity contribution in [2.45, 2.75) is 32.3 Å². The predicted octanol–water partition coefficient (Wildman–Crippen LogP) is 3.44. The third-order valence-corrected chi connectivity index (χ3v) is 8.21. The molecule has 3 aliphatic rings. The van der Waals surface area contributed by atoms with Crippen LogP contribution in [0.3, 0.4) is 0 Å². The quantitative estimate of drug-likeness (QED) is 0.312. The molecule has 3 aliphatic heterocycles. The van der Waals surface area contributed by atoms with Crippen LogP contribution in [0.15, 0.2) is 36.7 Å². The van der Waals surface area contributed by atoms with Crippen molar-refractivity contribution in [3.8, 4) is 0 Å². The number of aromatic nitrogens is 3. The van der Waals surface area contributed by atoms with Crippen LogP contribution >= 0.6 is 0 Å². The fourth-order valence-corrected chi connectivity index (χ4v) is 5.56. The summed E-state index contributed by atoms with van der Waals surface area (Å²) in [5.41, 5.74) is 4.27. The largest absolute Gasteiger partial charge is 0.456 e. The Labute approximate surface area is 280 Å². The van der Waals surface area contributed by atoms with Gasteiger partial charge in [-0.3, -0.25) is 14.7 Å². The molecular weight excluding hydrogens is 620 g/mol. The Hall–Kier alpha value is -4.53. The molecule has 2 amide bonds. The molecule has 48 heavy (non-hydrogen) atoms. The zero-order valence-corrected chi connectivity index (χ0v) is 28.2. The number of nitrogens with zero attached hydrogens (tertiary/aromatic N) is 4. The van der Waals surface area contributed by atoms with Crippen LogP contribution in [0.2, 0.25) is 0 Å². The Bertz CT molecular complexity index is 1540. The van der Waals surface area contributed by atoms with Crippen molar-refractivity contribution in [3.63, 3.8) is 0 Å². The van der Waals surface area contributed by atoms with Crippen LogP contribution in [0, 0.1) is 13.8 Å². The molecule has 0 aliphatic carbocycles. The Morgan fingerprint density at radius 3 is 2.44 bits per heavy atom. The summed E-state index contributed by atoms with van der Waals surface area (Å²) < 4.78 is 27.4. The lowest BCUT2D eigenvalue weighted by Crippen LogP contribution is -2.47.